The smallest absolute Gasteiger partial charge is 0.227 e. The molecule has 0 radical (unpaired) electrons. The molecule has 162 valence electrons. The Morgan fingerprint density at radius 1 is 1.19 bits per heavy atom. The summed E-state index contributed by atoms with van der Waals surface area (Å²) >= 11 is 0. The zero-order valence-electron chi connectivity index (χ0n) is 18.5. The van der Waals surface area contributed by atoms with Gasteiger partial charge in [0.05, 0.1) is 11.4 Å². The van der Waals surface area contributed by atoms with E-state index in [1.165, 1.54) is 0 Å². The highest BCUT2D eigenvalue weighted by Gasteiger charge is 2.22. The minimum Gasteiger partial charge on any atom is -0.370 e. The number of hydrogen-bond acceptors (Lipinski definition) is 5. The monoisotopic (exact) mass is 419 g/mol. The minimum atomic E-state index is -0.319. The van der Waals surface area contributed by atoms with Gasteiger partial charge in [0.1, 0.15) is 0 Å². The Kier molecular flexibility index (Phi) is 6.84. The number of nitrogens with two attached hydrogens (primary N) is 1. The number of amides is 1. The molecule has 7 heteroatoms. The number of anilines is 2. The van der Waals surface area contributed by atoms with Crippen LogP contribution in [0.2, 0.25) is 0 Å². The van der Waals surface area contributed by atoms with Crippen LogP contribution in [0.3, 0.4) is 0 Å². The number of hydrogen-bond donors (Lipinski definition) is 2. The second-order valence-electron chi connectivity index (χ2n) is 7.70. The third-order valence-electron chi connectivity index (χ3n) is 5.30. The van der Waals surface area contributed by atoms with Crippen LogP contribution < -0.4 is 11.1 Å². The molecular weight excluding hydrogens is 390 g/mol. The van der Waals surface area contributed by atoms with Crippen LogP contribution in [0.25, 0.3) is 11.3 Å². The van der Waals surface area contributed by atoms with Crippen molar-refractivity contribution in [2.45, 2.75) is 53.5 Å². The lowest BCUT2D eigenvalue weighted by Gasteiger charge is -2.10. The summed E-state index contributed by atoms with van der Waals surface area (Å²) in [7, 11) is 0. The van der Waals surface area contributed by atoms with Gasteiger partial charge in [-0.25, -0.2) is 9.97 Å². The average molecular weight is 420 g/mol. The second-order valence-corrected chi connectivity index (χ2v) is 7.70. The van der Waals surface area contributed by atoms with E-state index < -0.39 is 0 Å². The number of rotatable bonds is 9. The molecule has 0 aliphatic rings. The summed E-state index contributed by atoms with van der Waals surface area (Å²) in [6.07, 6.45) is 3.55. The van der Waals surface area contributed by atoms with Gasteiger partial charge in [0.25, 0.3) is 0 Å². The Hall–Kier alpha value is -3.48. The summed E-state index contributed by atoms with van der Waals surface area (Å²) in [5, 5.41) is 3.24. The lowest BCUT2D eigenvalue weighted by atomic mass is 10.1. The van der Waals surface area contributed by atoms with Crippen LogP contribution in [0.4, 0.5) is 11.6 Å². The molecular formula is C24H29N5O2. The summed E-state index contributed by atoms with van der Waals surface area (Å²) in [4.78, 5) is 32.4. The third-order valence-corrected chi connectivity index (χ3v) is 5.30. The molecule has 2 aromatic heterocycles. The van der Waals surface area contributed by atoms with Gasteiger partial charge in [-0.1, -0.05) is 19.1 Å². The van der Waals surface area contributed by atoms with Gasteiger partial charge in [-0.15, -0.1) is 0 Å². The molecule has 0 fully saturated rings. The van der Waals surface area contributed by atoms with Crippen LogP contribution in [0.5, 0.6) is 0 Å². The fraction of sp³-hybridized carbons (Fsp3) is 0.333. The van der Waals surface area contributed by atoms with Crippen molar-refractivity contribution in [2.75, 3.05) is 5.32 Å². The minimum absolute atomic E-state index is 0.0560. The number of nitrogens with one attached hydrogen (secondary N) is 1. The predicted octanol–water partition coefficient (Wildman–Crippen LogP) is 4.34. The Bertz CT molecular complexity index is 1120. The van der Waals surface area contributed by atoms with E-state index in [4.69, 9.17) is 10.7 Å². The Morgan fingerprint density at radius 2 is 1.97 bits per heavy atom. The highest BCUT2D eigenvalue weighted by Crippen LogP contribution is 2.32. The van der Waals surface area contributed by atoms with E-state index >= 15 is 0 Å². The molecule has 0 saturated heterocycles. The molecule has 7 nitrogen and oxygen atoms in total. The number of aryl methyl sites for hydroxylation is 1. The fourth-order valence-electron chi connectivity index (χ4n) is 3.99. The zero-order chi connectivity index (χ0) is 22.5. The van der Waals surface area contributed by atoms with Crippen molar-refractivity contribution >= 4 is 23.3 Å². The molecule has 0 bridgehead atoms. The molecule has 0 unspecified atom stereocenters. The number of aromatic nitrogens is 3. The van der Waals surface area contributed by atoms with Crippen LogP contribution in [0.15, 0.2) is 36.5 Å². The predicted molar refractivity (Wildman–Crippen MR) is 122 cm³/mol. The van der Waals surface area contributed by atoms with Crippen molar-refractivity contribution in [3.05, 3.63) is 59.0 Å². The largest absolute Gasteiger partial charge is 0.370 e. The van der Waals surface area contributed by atoms with E-state index in [1.54, 1.807) is 13.1 Å². The maximum atomic E-state index is 12.3. The molecule has 1 aromatic carbocycles. The van der Waals surface area contributed by atoms with Crippen LogP contribution in [0.1, 0.15) is 54.0 Å². The molecule has 3 rings (SSSR count). The topological polar surface area (TPSA) is 103 Å². The number of carbonyl (C=O) groups excluding carboxylic acids is 2. The maximum absolute atomic E-state index is 12.3. The van der Waals surface area contributed by atoms with Crippen LogP contribution in [-0.4, -0.2) is 26.2 Å². The lowest BCUT2D eigenvalue weighted by molar-refractivity contribution is -0.117. The average Bonchev–Trinajstić information content (AvgIpc) is 2.97. The summed E-state index contributed by atoms with van der Waals surface area (Å²) in [6, 6.07) is 9.62. The number of Topliss-reactive ketones (excluding diaryl/α,β-unsaturated/α-hetero) is 1. The Balaban J connectivity index is 1.93. The summed E-state index contributed by atoms with van der Waals surface area (Å²) < 4.78 is 2.09. The SMILES string of the molecule is CCCn1c(C)c(-c2ccnc(Nc3cccc(CCC(N)=O)c3)n2)c(C)c1C(C)=O. The van der Waals surface area contributed by atoms with E-state index in [1.807, 2.05) is 44.2 Å². The van der Waals surface area contributed by atoms with Gasteiger partial charge in [-0.3, -0.25) is 9.59 Å². The van der Waals surface area contributed by atoms with Gasteiger partial charge in [0, 0.05) is 43.0 Å². The standard InChI is InChI=1S/C24H29N5O2/c1-5-13-29-16(3)22(15(2)23(29)17(4)30)20-11-12-26-24(28-20)27-19-8-6-7-18(14-19)9-10-21(25)31/h6-8,11-12,14H,5,9-10,13H2,1-4H3,(H2,25,31)(H,26,27,28). The van der Waals surface area contributed by atoms with E-state index in [9.17, 15) is 9.59 Å². The van der Waals surface area contributed by atoms with Crippen LogP contribution in [0, 0.1) is 13.8 Å². The first kappa shape index (κ1) is 22.2. The number of benzene rings is 1. The zero-order valence-corrected chi connectivity index (χ0v) is 18.5. The van der Waals surface area contributed by atoms with Gasteiger partial charge < -0.3 is 15.6 Å². The normalized spacial score (nSPS) is 10.8. The quantitative estimate of drug-likeness (QED) is 0.502. The molecule has 3 aromatic rings. The molecule has 31 heavy (non-hydrogen) atoms. The molecule has 0 spiro atoms. The molecule has 0 aliphatic carbocycles. The van der Waals surface area contributed by atoms with Crippen molar-refractivity contribution < 1.29 is 9.59 Å². The van der Waals surface area contributed by atoms with Crippen molar-refractivity contribution in [2.24, 2.45) is 5.73 Å². The molecule has 3 N–H and O–H groups in total. The van der Waals surface area contributed by atoms with E-state index in [0.29, 0.717) is 18.8 Å². The first-order chi connectivity index (χ1) is 14.8. The third kappa shape index (κ3) is 4.99. The number of carbonyl (C=O) groups is 2. The van der Waals surface area contributed by atoms with Crippen molar-refractivity contribution in [3.63, 3.8) is 0 Å². The molecule has 1 amide bonds. The first-order valence-corrected chi connectivity index (χ1v) is 10.5. The number of primary amides is 1. The van der Waals surface area contributed by atoms with Crippen LogP contribution >= 0.6 is 0 Å². The van der Waals surface area contributed by atoms with Crippen LogP contribution in [-0.2, 0) is 17.8 Å². The van der Waals surface area contributed by atoms with E-state index in [-0.39, 0.29) is 11.7 Å². The van der Waals surface area contributed by atoms with Gasteiger partial charge in [0.15, 0.2) is 5.78 Å². The highest BCUT2D eigenvalue weighted by molar-refractivity contribution is 5.97. The summed E-state index contributed by atoms with van der Waals surface area (Å²) in [5.41, 5.74) is 11.5. The van der Waals surface area contributed by atoms with Gasteiger partial charge in [-0.05, 0) is 56.0 Å². The maximum Gasteiger partial charge on any atom is 0.227 e. The molecule has 2 heterocycles. The molecule has 0 atom stereocenters. The van der Waals surface area contributed by atoms with Crippen molar-refractivity contribution in [1.29, 1.82) is 0 Å². The highest BCUT2D eigenvalue weighted by atomic mass is 16.1. The summed E-state index contributed by atoms with van der Waals surface area (Å²) in [5.74, 6) is 0.205. The Morgan fingerprint density at radius 3 is 2.65 bits per heavy atom. The first-order valence-electron chi connectivity index (χ1n) is 10.5. The number of nitrogens with zero attached hydrogens (tertiary/aromatic N) is 3. The van der Waals surface area contributed by atoms with Crippen molar-refractivity contribution in [3.8, 4) is 11.3 Å². The van der Waals surface area contributed by atoms with Gasteiger partial charge >= 0.3 is 0 Å². The number of ketones is 1. The van der Waals surface area contributed by atoms with E-state index in [0.717, 1.165) is 52.4 Å². The molecule has 0 aliphatic heterocycles. The fourth-order valence-corrected chi connectivity index (χ4v) is 3.99. The Labute approximate surface area is 182 Å². The van der Waals surface area contributed by atoms with Crippen molar-refractivity contribution in [1.82, 2.24) is 14.5 Å². The van der Waals surface area contributed by atoms with Gasteiger partial charge in [-0.2, -0.15) is 0 Å². The van der Waals surface area contributed by atoms with E-state index in [2.05, 4.69) is 21.8 Å². The second kappa shape index (κ2) is 9.55. The van der Waals surface area contributed by atoms with Gasteiger partial charge in [0.2, 0.25) is 11.9 Å². The summed E-state index contributed by atoms with van der Waals surface area (Å²) in [6.45, 7) is 8.50. The molecule has 0 saturated carbocycles. The lowest BCUT2D eigenvalue weighted by Crippen LogP contribution is -2.11.